The average Bonchev–Trinajstić information content (AvgIpc) is 2.21. The number of nitrogens with zero attached hydrogens (tertiary/aromatic N) is 1. The van der Waals surface area contributed by atoms with Gasteiger partial charge in [0, 0.05) is 12.1 Å². The molecule has 0 atom stereocenters. The highest BCUT2D eigenvalue weighted by molar-refractivity contribution is 5.97. The maximum atomic E-state index is 13.3. The number of carbonyl (C=O) groups is 1. The fourth-order valence-corrected chi connectivity index (χ4v) is 1.64. The number of rotatable bonds is 5. The van der Waals surface area contributed by atoms with Crippen molar-refractivity contribution >= 4 is 5.78 Å². The van der Waals surface area contributed by atoms with E-state index in [-0.39, 0.29) is 23.4 Å². The van der Waals surface area contributed by atoms with Gasteiger partial charge in [-0.05, 0) is 26.1 Å². The number of hydrogen-bond acceptors (Lipinski definition) is 3. The molecule has 3 nitrogen and oxygen atoms in total. The fourth-order valence-electron chi connectivity index (χ4n) is 1.64. The van der Waals surface area contributed by atoms with Gasteiger partial charge in [-0.3, -0.25) is 9.69 Å². The number of halogens is 3. The molecule has 0 spiro atoms. The quantitative estimate of drug-likeness (QED) is 0.827. The Hall–Kier alpha value is -1.56. The average molecular weight is 261 g/mol. The molecule has 0 unspecified atom stereocenters. The Morgan fingerprint density at radius 3 is 2.56 bits per heavy atom. The third-order valence-electron chi connectivity index (χ3n) is 2.42. The summed E-state index contributed by atoms with van der Waals surface area (Å²) in [4.78, 5) is 12.4. The molecule has 0 aliphatic heterocycles. The second-order valence-electron chi connectivity index (χ2n) is 4.11. The number of phenols is 1. The largest absolute Gasteiger partial charge is 0.507 e. The van der Waals surface area contributed by atoms with E-state index in [2.05, 4.69) is 0 Å². The molecule has 1 N–H and O–H groups in total. The lowest BCUT2D eigenvalue weighted by Crippen LogP contribution is -2.24. The summed E-state index contributed by atoms with van der Waals surface area (Å²) in [5.74, 6) is -1.52. The van der Waals surface area contributed by atoms with Crippen molar-refractivity contribution in [3.8, 4) is 5.75 Å². The van der Waals surface area contributed by atoms with Gasteiger partial charge in [-0.25, -0.2) is 13.2 Å². The summed E-state index contributed by atoms with van der Waals surface area (Å²) < 4.78 is 37.5. The van der Waals surface area contributed by atoms with E-state index in [1.165, 1.54) is 18.9 Å². The van der Waals surface area contributed by atoms with Gasteiger partial charge in [-0.1, -0.05) is 0 Å². The highest BCUT2D eigenvalue weighted by Crippen LogP contribution is 2.25. The fraction of sp³-hybridized carbons (Fsp3) is 0.417. The molecule has 0 radical (unpaired) electrons. The predicted molar refractivity (Wildman–Crippen MR) is 60.4 cm³/mol. The van der Waals surface area contributed by atoms with E-state index in [1.54, 1.807) is 0 Å². The van der Waals surface area contributed by atoms with E-state index in [4.69, 9.17) is 0 Å². The number of alkyl halides is 2. The van der Waals surface area contributed by atoms with Gasteiger partial charge in [0.05, 0.1) is 12.1 Å². The van der Waals surface area contributed by atoms with E-state index >= 15 is 0 Å². The molecule has 0 bridgehead atoms. The molecular weight excluding hydrogens is 247 g/mol. The normalized spacial score (nSPS) is 11.3. The van der Waals surface area contributed by atoms with Crippen molar-refractivity contribution in [2.75, 3.05) is 13.6 Å². The van der Waals surface area contributed by atoms with Crippen molar-refractivity contribution in [3.63, 3.8) is 0 Å². The molecule has 0 aromatic heterocycles. The monoisotopic (exact) mass is 261 g/mol. The summed E-state index contributed by atoms with van der Waals surface area (Å²) in [6.45, 7) is 0.640. The Kier molecular flexibility index (Phi) is 4.72. The van der Waals surface area contributed by atoms with Crippen LogP contribution in [0.3, 0.4) is 0 Å². The van der Waals surface area contributed by atoms with Crippen LogP contribution in [0.2, 0.25) is 0 Å². The Balaban J connectivity index is 2.98. The molecule has 0 saturated heterocycles. The van der Waals surface area contributed by atoms with Crippen LogP contribution in [0, 0.1) is 5.82 Å². The van der Waals surface area contributed by atoms with Gasteiger partial charge in [-0.15, -0.1) is 0 Å². The van der Waals surface area contributed by atoms with Crippen molar-refractivity contribution in [2.45, 2.75) is 19.9 Å². The first-order valence-corrected chi connectivity index (χ1v) is 5.30. The number of ketones is 1. The summed E-state index contributed by atoms with van der Waals surface area (Å²) >= 11 is 0. The smallest absolute Gasteiger partial charge is 0.251 e. The highest BCUT2D eigenvalue weighted by atomic mass is 19.3. The number of benzene rings is 1. The van der Waals surface area contributed by atoms with Crippen molar-refractivity contribution in [2.24, 2.45) is 0 Å². The zero-order valence-electron chi connectivity index (χ0n) is 10.1. The maximum Gasteiger partial charge on any atom is 0.251 e. The van der Waals surface area contributed by atoms with Crippen LogP contribution in [0.1, 0.15) is 22.8 Å². The van der Waals surface area contributed by atoms with E-state index < -0.39 is 24.6 Å². The number of phenolic OH excluding ortho intramolecular Hbond substituents is 1. The lowest BCUT2D eigenvalue weighted by atomic mass is 10.1. The van der Waals surface area contributed by atoms with Crippen LogP contribution >= 0.6 is 0 Å². The summed E-state index contributed by atoms with van der Waals surface area (Å²) in [7, 11) is 1.42. The molecule has 0 amide bonds. The molecule has 0 heterocycles. The van der Waals surface area contributed by atoms with Crippen LogP contribution in [0.5, 0.6) is 5.75 Å². The van der Waals surface area contributed by atoms with E-state index in [1.807, 2.05) is 0 Å². The molecule has 0 fully saturated rings. The molecule has 1 aromatic carbocycles. The number of Topliss-reactive ketones (excluding diaryl/α,β-unsaturated/α-hetero) is 1. The first-order chi connectivity index (χ1) is 8.31. The Morgan fingerprint density at radius 1 is 1.44 bits per heavy atom. The van der Waals surface area contributed by atoms with Gasteiger partial charge in [0.15, 0.2) is 5.78 Å². The van der Waals surface area contributed by atoms with Gasteiger partial charge in [0.1, 0.15) is 11.6 Å². The predicted octanol–water partition coefficient (Wildman–Crippen LogP) is 2.43. The molecule has 0 saturated carbocycles. The summed E-state index contributed by atoms with van der Waals surface area (Å²) in [6.07, 6.45) is -2.52. The van der Waals surface area contributed by atoms with Crippen LogP contribution in [0.4, 0.5) is 13.2 Å². The minimum atomic E-state index is -2.52. The Morgan fingerprint density at radius 2 is 2.06 bits per heavy atom. The zero-order valence-corrected chi connectivity index (χ0v) is 10.1. The summed E-state index contributed by atoms with van der Waals surface area (Å²) in [5, 5.41) is 9.77. The van der Waals surface area contributed by atoms with Crippen molar-refractivity contribution in [1.29, 1.82) is 0 Å². The number of carbonyl (C=O) groups excluding carboxylic acids is 1. The van der Waals surface area contributed by atoms with Gasteiger partial charge in [0.25, 0.3) is 6.43 Å². The van der Waals surface area contributed by atoms with Gasteiger partial charge in [-0.2, -0.15) is 0 Å². The van der Waals surface area contributed by atoms with Crippen molar-refractivity contribution in [1.82, 2.24) is 4.90 Å². The topological polar surface area (TPSA) is 40.5 Å². The second-order valence-corrected chi connectivity index (χ2v) is 4.11. The van der Waals surface area contributed by atoms with E-state index in [0.717, 1.165) is 12.1 Å². The highest BCUT2D eigenvalue weighted by Gasteiger charge is 2.16. The van der Waals surface area contributed by atoms with Crippen LogP contribution in [-0.2, 0) is 6.54 Å². The van der Waals surface area contributed by atoms with Crippen LogP contribution < -0.4 is 0 Å². The standard InChI is InChI=1S/C12H14F3NO2/c1-7(17)10-4-9(13)3-8(12(10)18)5-16(2)6-11(14)15/h3-4,11,18H,5-6H2,1-2H3. The van der Waals surface area contributed by atoms with Crippen molar-refractivity contribution < 1.29 is 23.1 Å². The van der Waals surface area contributed by atoms with Gasteiger partial charge >= 0.3 is 0 Å². The third-order valence-corrected chi connectivity index (χ3v) is 2.42. The molecule has 1 rings (SSSR count). The molecule has 100 valence electrons. The second kappa shape index (κ2) is 5.86. The maximum absolute atomic E-state index is 13.3. The molecule has 0 aliphatic rings. The van der Waals surface area contributed by atoms with E-state index in [9.17, 15) is 23.1 Å². The van der Waals surface area contributed by atoms with Crippen LogP contribution in [0.25, 0.3) is 0 Å². The molecule has 0 aliphatic carbocycles. The number of hydrogen-bond donors (Lipinski definition) is 1. The lowest BCUT2D eigenvalue weighted by Gasteiger charge is -2.17. The summed E-state index contributed by atoms with van der Waals surface area (Å²) in [5.41, 5.74) is -0.0289. The minimum Gasteiger partial charge on any atom is -0.507 e. The SMILES string of the molecule is CC(=O)c1cc(F)cc(CN(C)CC(F)F)c1O. The Bertz CT molecular complexity index is 449. The molecule has 18 heavy (non-hydrogen) atoms. The first-order valence-electron chi connectivity index (χ1n) is 5.30. The van der Waals surface area contributed by atoms with Gasteiger partial charge in [0.2, 0.25) is 0 Å². The zero-order chi connectivity index (χ0) is 13.9. The Labute approximate surface area is 103 Å². The third kappa shape index (κ3) is 3.73. The number of aromatic hydroxyl groups is 1. The molecular formula is C12H14F3NO2. The van der Waals surface area contributed by atoms with E-state index in [0.29, 0.717) is 0 Å². The summed E-state index contributed by atoms with van der Waals surface area (Å²) in [6, 6.07) is 1.96. The van der Waals surface area contributed by atoms with Crippen LogP contribution in [-0.4, -0.2) is 35.8 Å². The van der Waals surface area contributed by atoms with Crippen molar-refractivity contribution in [3.05, 3.63) is 29.1 Å². The minimum absolute atomic E-state index is 0.0613. The first kappa shape index (κ1) is 14.5. The van der Waals surface area contributed by atoms with Crippen LogP contribution in [0.15, 0.2) is 12.1 Å². The lowest BCUT2D eigenvalue weighted by molar-refractivity contribution is 0.0965. The molecule has 6 heteroatoms. The molecule has 1 aromatic rings. The van der Waals surface area contributed by atoms with Gasteiger partial charge < -0.3 is 5.11 Å².